The third-order valence-electron chi connectivity index (χ3n) is 5.89. The summed E-state index contributed by atoms with van der Waals surface area (Å²) in [4.78, 5) is 0. The first kappa shape index (κ1) is 39.6. The zero-order valence-electron chi connectivity index (χ0n) is 20.1. The molecule has 4 unspecified atom stereocenters. The number of alkyl halides is 12. The molecule has 0 aromatic heterocycles. The van der Waals surface area contributed by atoms with E-state index in [1.165, 1.54) is 0 Å². The molecule has 0 aliphatic heterocycles. The van der Waals surface area contributed by atoms with Crippen LogP contribution in [0.25, 0.3) is 0 Å². The van der Waals surface area contributed by atoms with Crippen LogP contribution in [-0.2, 0) is 30.2 Å². The van der Waals surface area contributed by atoms with Crippen LogP contribution in [-0.4, -0.2) is 61.0 Å². The first-order valence-corrected chi connectivity index (χ1v) is 18.4. The molecule has 0 amide bonds. The topological polar surface area (TPSA) is 0 Å². The van der Waals surface area contributed by atoms with Crippen LogP contribution < -0.4 is 0 Å². The van der Waals surface area contributed by atoms with Crippen molar-refractivity contribution >= 4 is 180 Å². The molecule has 38 heavy (non-hydrogen) atoms. The van der Waals surface area contributed by atoms with E-state index in [0.29, 0.717) is 24.0 Å². The minimum Gasteiger partial charge on any atom is -0.124 e. The summed E-state index contributed by atoms with van der Waals surface area (Å²) in [5.74, 6) is 0. The van der Waals surface area contributed by atoms with Crippen molar-refractivity contribution in [1.29, 1.82) is 0 Å². The summed E-state index contributed by atoms with van der Waals surface area (Å²) >= 11 is 82.0. The second-order valence-corrected chi connectivity index (χ2v) is 19.7. The quantitative estimate of drug-likeness (QED) is 0.130. The molecule has 12 radical (unpaired) electrons. The third-order valence-corrected chi connectivity index (χ3v) is 14.5. The van der Waals surface area contributed by atoms with Gasteiger partial charge in [0.1, 0.15) is 0 Å². The Hall–Kier alpha value is 3.57. The van der Waals surface area contributed by atoms with Gasteiger partial charge in [-0.15, -0.1) is 46.4 Å². The van der Waals surface area contributed by atoms with Crippen molar-refractivity contribution in [3.63, 3.8) is 0 Å². The van der Waals surface area contributed by atoms with Gasteiger partial charge in [-0.3, -0.25) is 0 Å². The number of halogens is 12. The Kier molecular flexibility index (Phi) is 16.4. The smallest absolute Gasteiger partial charge is 0.124 e. The SMILES string of the molecule is CCCCc1c(CCCC)c(C(Cl)(Cl)C([Si])Cl)c(C(Cl)(Cl)C([Si])Cl)c(C(Cl)(Cl)C([Si])Cl)c1C(Cl)(Cl)C([Si])Cl. The second-order valence-electron chi connectivity index (χ2n) is 8.61. The highest BCUT2D eigenvalue weighted by molar-refractivity contribution is 6.62. The van der Waals surface area contributed by atoms with Crippen molar-refractivity contribution < 1.29 is 0 Å². The van der Waals surface area contributed by atoms with Crippen LogP contribution >= 0.6 is 139 Å². The highest BCUT2D eigenvalue weighted by Crippen LogP contribution is 2.60. The van der Waals surface area contributed by atoms with Crippen LogP contribution in [0.1, 0.15) is 72.9 Å². The van der Waals surface area contributed by atoms with E-state index in [-0.39, 0.29) is 22.3 Å². The van der Waals surface area contributed by atoms with Crippen LogP contribution in [0.5, 0.6) is 0 Å². The number of hydrogen-bond acceptors (Lipinski definition) is 0. The van der Waals surface area contributed by atoms with Gasteiger partial charge < -0.3 is 0 Å². The molecule has 1 aromatic rings. The first-order chi connectivity index (χ1) is 17.2. The molecule has 4 atom stereocenters. The van der Waals surface area contributed by atoms with E-state index >= 15 is 0 Å². The number of unbranched alkanes of at least 4 members (excludes halogenated alkanes) is 2. The van der Waals surface area contributed by atoms with Crippen LogP contribution in [0.4, 0.5) is 0 Å². The molecule has 0 heterocycles. The van der Waals surface area contributed by atoms with Gasteiger partial charge in [-0.1, -0.05) is 119 Å². The third kappa shape index (κ3) is 8.43. The van der Waals surface area contributed by atoms with Gasteiger partial charge in [0, 0.05) is 11.1 Å². The highest BCUT2D eigenvalue weighted by Gasteiger charge is 2.54. The lowest BCUT2D eigenvalue weighted by molar-refractivity contribution is 0.699. The largest absolute Gasteiger partial charge is 0.156 e. The van der Waals surface area contributed by atoms with Gasteiger partial charge in [0.15, 0.2) is 17.3 Å². The Morgan fingerprint density at radius 2 is 0.684 bits per heavy atom. The molecule has 0 fully saturated rings. The van der Waals surface area contributed by atoms with Crippen molar-refractivity contribution in [3.05, 3.63) is 33.4 Å². The maximum atomic E-state index is 7.01. The Morgan fingerprint density at radius 3 is 0.868 bits per heavy atom. The van der Waals surface area contributed by atoms with Crippen molar-refractivity contribution in [1.82, 2.24) is 0 Å². The summed E-state index contributed by atoms with van der Waals surface area (Å²) in [5, 5.41) is -4.29. The normalized spacial score (nSPS) is 16.9. The summed E-state index contributed by atoms with van der Waals surface area (Å²) in [6.45, 7) is 4.08. The molecular formula is C22H22Cl12Si4. The average Bonchev–Trinajstić information content (AvgIpc) is 2.79. The molecule has 16 heteroatoms. The van der Waals surface area contributed by atoms with Gasteiger partial charge >= 0.3 is 0 Å². The summed E-state index contributed by atoms with van der Waals surface area (Å²) in [6, 6.07) is 0. The zero-order valence-corrected chi connectivity index (χ0v) is 33.2. The van der Waals surface area contributed by atoms with E-state index in [0.717, 1.165) is 25.7 Å². The van der Waals surface area contributed by atoms with Gasteiger partial charge in [0.2, 0.25) is 0 Å². The van der Waals surface area contributed by atoms with E-state index in [9.17, 15) is 0 Å². The Balaban J connectivity index is 4.91. The minimum atomic E-state index is -1.97. The van der Waals surface area contributed by atoms with Crippen LogP contribution in [0, 0.1) is 0 Å². The lowest BCUT2D eigenvalue weighted by atomic mass is 9.78. The number of benzene rings is 1. The molecule has 1 aromatic carbocycles. The van der Waals surface area contributed by atoms with Crippen molar-refractivity contribution in [2.45, 2.75) is 89.7 Å². The van der Waals surface area contributed by atoms with E-state index in [1.54, 1.807) is 0 Å². The predicted octanol–water partition coefficient (Wildman–Crippen LogP) is 9.83. The molecule has 0 nitrogen and oxygen atoms in total. The van der Waals surface area contributed by atoms with Gasteiger partial charge in [-0.05, 0) is 47.9 Å². The minimum absolute atomic E-state index is 0.0506. The first-order valence-electron chi connectivity index (χ1n) is 11.3. The Bertz CT molecular complexity index is 874. The molecule has 210 valence electrons. The van der Waals surface area contributed by atoms with Crippen LogP contribution in [0.3, 0.4) is 0 Å². The van der Waals surface area contributed by atoms with Crippen molar-refractivity contribution in [2.24, 2.45) is 0 Å². The maximum absolute atomic E-state index is 7.01. The predicted molar refractivity (Wildman–Crippen MR) is 179 cm³/mol. The van der Waals surface area contributed by atoms with E-state index < -0.39 is 37.3 Å². The monoisotopic (exact) mass is 818 g/mol. The van der Waals surface area contributed by atoms with Gasteiger partial charge in [0.25, 0.3) is 0 Å². The van der Waals surface area contributed by atoms with E-state index in [2.05, 4.69) is 41.0 Å². The van der Waals surface area contributed by atoms with Crippen molar-refractivity contribution in [3.8, 4) is 0 Å². The summed E-state index contributed by atoms with van der Waals surface area (Å²) in [7, 11) is 13.5. The number of hydrogen-bond donors (Lipinski definition) is 0. The lowest BCUT2D eigenvalue weighted by Crippen LogP contribution is -2.41. The molecular weight excluding hydrogens is 802 g/mol. The Labute approximate surface area is 300 Å². The fourth-order valence-electron chi connectivity index (χ4n) is 4.02. The Morgan fingerprint density at radius 1 is 0.474 bits per heavy atom. The molecule has 0 aliphatic carbocycles. The molecule has 0 aliphatic rings. The maximum Gasteiger partial charge on any atom is 0.156 e. The molecule has 0 bridgehead atoms. The van der Waals surface area contributed by atoms with Gasteiger partial charge in [-0.2, -0.15) is 0 Å². The zero-order chi connectivity index (χ0) is 30.0. The molecule has 0 spiro atoms. The standard InChI is InChI=1S/C22H22Cl12Si4/c1-3-5-7-9-10(8-6-4-2)12(20(29,30)16(24)36)14(22(33,34)18(26)38)13(21(31,32)17(25)37)11(9)19(27,28)15(23)35/h15-18H,3-8H2,1-2H3. The fourth-order valence-corrected chi connectivity index (χ4v) is 6.63. The summed E-state index contributed by atoms with van der Waals surface area (Å²) < 4.78 is -7.60. The summed E-state index contributed by atoms with van der Waals surface area (Å²) in [6.07, 6.45) is 4.10. The van der Waals surface area contributed by atoms with Gasteiger partial charge in [0.05, 0.1) is 61.0 Å². The molecule has 0 saturated heterocycles. The lowest BCUT2D eigenvalue weighted by Gasteiger charge is -2.43. The van der Waals surface area contributed by atoms with E-state index in [4.69, 9.17) is 139 Å². The van der Waals surface area contributed by atoms with E-state index in [1.807, 2.05) is 13.8 Å². The van der Waals surface area contributed by atoms with Crippen LogP contribution in [0.2, 0.25) is 0 Å². The molecule has 0 N–H and O–H groups in total. The van der Waals surface area contributed by atoms with Crippen molar-refractivity contribution in [2.75, 3.05) is 0 Å². The molecule has 1 rings (SSSR count). The average molecular weight is 824 g/mol. The fraction of sp³-hybridized carbons (Fsp3) is 0.727. The highest BCUT2D eigenvalue weighted by atomic mass is 35.5. The van der Waals surface area contributed by atoms with Gasteiger partial charge in [-0.25, -0.2) is 0 Å². The second kappa shape index (κ2) is 15.7. The number of rotatable bonds is 14. The molecule has 0 saturated carbocycles. The summed E-state index contributed by atoms with van der Waals surface area (Å²) in [5.41, 5.74) is 1.99. The van der Waals surface area contributed by atoms with Crippen LogP contribution in [0.15, 0.2) is 0 Å².